The molecule has 0 saturated heterocycles. The fourth-order valence-corrected chi connectivity index (χ4v) is 5.81. The Morgan fingerprint density at radius 2 is 1.92 bits per heavy atom. The average Bonchev–Trinajstić information content (AvgIpc) is 3.48. The normalized spacial score (nSPS) is 11.2. The molecule has 36 heavy (non-hydrogen) atoms. The number of aromatic nitrogens is 3. The van der Waals surface area contributed by atoms with Gasteiger partial charge in [0.15, 0.2) is 10.8 Å². The van der Waals surface area contributed by atoms with Crippen LogP contribution in [0.1, 0.15) is 22.8 Å². The predicted molar refractivity (Wildman–Crippen MR) is 145 cm³/mol. The van der Waals surface area contributed by atoms with Crippen LogP contribution in [0.25, 0.3) is 27.7 Å². The molecule has 1 N–H and O–H groups in total. The number of aryl methyl sites for hydroxylation is 1. The third-order valence-electron chi connectivity index (χ3n) is 5.58. The number of esters is 1. The van der Waals surface area contributed by atoms with Gasteiger partial charge in [0.2, 0.25) is 5.91 Å². The molecule has 7 nitrogen and oxygen atoms in total. The number of carbonyl (C=O) groups is 2. The van der Waals surface area contributed by atoms with E-state index in [4.69, 9.17) is 16.3 Å². The molecule has 0 saturated carbocycles. The van der Waals surface area contributed by atoms with Crippen molar-refractivity contribution in [2.75, 3.05) is 17.7 Å². The summed E-state index contributed by atoms with van der Waals surface area (Å²) in [4.78, 5) is 25.7. The van der Waals surface area contributed by atoms with Crippen LogP contribution >= 0.6 is 34.7 Å². The number of hydrogen-bond acceptors (Lipinski definition) is 7. The highest BCUT2D eigenvalue weighted by atomic mass is 35.5. The van der Waals surface area contributed by atoms with E-state index >= 15 is 0 Å². The first-order valence-corrected chi connectivity index (χ1v) is 13.4. The number of anilines is 1. The van der Waals surface area contributed by atoms with Gasteiger partial charge in [0.25, 0.3) is 0 Å². The molecule has 3 heterocycles. The number of para-hydroxylation sites is 1. The predicted octanol–water partition coefficient (Wildman–Crippen LogP) is 6.48. The van der Waals surface area contributed by atoms with Crippen LogP contribution in [-0.2, 0) is 9.53 Å². The van der Waals surface area contributed by atoms with E-state index in [1.54, 1.807) is 19.1 Å². The fourth-order valence-electron chi connectivity index (χ4n) is 3.96. The summed E-state index contributed by atoms with van der Waals surface area (Å²) in [6.07, 6.45) is 0. The monoisotopic (exact) mass is 536 g/mol. The molecule has 0 spiro atoms. The standard InChI is InChI=1S/C26H21ClN4O3S2/c1-3-34-25(33)23-19(16-8-10-17(27)11-9-16)13-35-24(23)28-22(32)14-36-26-30-29-21-12-15(2)18-6-4-5-7-20(18)31(21)26/h4-13H,3,14H2,1-2H3,(H,28,32). The van der Waals surface area contributed by atoms with E-state index in [0.717, 1.165) is 27.7 Å². The zero-order valence-electron chi connectivity index (χ0n) is 19.4. The lowest BCUT2D eigenvalue weighted by Crippen LogP contribution is -2.16. The number of thioether (sulfide) groups is 1. The van der Waals surface area contributed by atoms with Crippen LogP contribution in [-0.4, -0.2) is 38.8 Å². The number of nitrogens with one attached hydrogen (secondary N) is 1. The number of rotatable bonds is 7. The summed E-state index contributed by atoms with van der Waals surface area (Å²) in [7, 11) is 0. The summed E-state index contributed by atoms with van der Waals surface area (Å²) in [5, 5.41) is 16.1. The SMILES string of the molecule is CCOC(=O)c1c(-c2ccc(Cl)cc2)csc1NC(=O)CSc1nnc2cc(C)c3ccccc3n12. The van der Waals surface area contributed by atoms with Gasteiger partial charge < -0.3 is 10.1 Å². The summed E-state index contributed by atoms with van der Waals surface area (Å²) >= 11 is 8.58. The third kappa shape index (κ3) is 4.69. The van der Waals surface area contributed by atoms with Gasteiger partial charge in [-0.25, -0.2) is 4.79 Å². The van der Waals surface area contributed by atoms with E-state index in [1.165, 1.54) is 23.1 Å². The maximum Gasteiger partial charge on any atom is 0.341 e. The van der Waals surface area contributed by atoms with Gasteiger partial charge in [-0.15, -0.1) is 21.5 Å². The van der Waals surface area contributed by atoms with E-state index in [2.05, 4.69) is 21.6 Å². The second-order valence-electron chi connectivity index (χ2n) is 7.94. The first-order valence-electron chi connectivity index (χ1n) is 11.2. The first-order chi connectivity index (χ1) is 17.5. The Morgan fingerprint density at radius 1 is 1.14 bits per heavy atom. The lowest BCUT2D eigenvalue weighted by Gasteiger charge is -2.09. The number of carbonyl (C=O) groups excluding carboxylic acids is 2. The lowest BCUT2D eigenvalue weighted by molar-refractivity contribution is -0.113. The van der Waals surface area contributed by atoms with Crippen molar-refractivity contribution >= 4 is 68.1 Å². The Labute approximate surface area is 220 Å². The second kappa shape index (κ2) is 10.3. The highest BCUT2D eigenvalue weighted by molar-refractivity contribution is 7.99. The Morgan fingerprint density at radius 3 is 2.69 bits per heavy atom. The highest BCUT2D eigenvalue weighted by Crippen LogP contribution is 2.37. The van der Waals surface area contributed by atoms with Gasteiger partial charge in [0.1, 0.15) is 10.6 Å². The molecule has 0 aliphatic carbocycles. The number of halogens is 1. The molecule has 10 heteroatoms. The summed E-state index contributed by atoms with van der Waals surface area (Å²) < 4.78 is 7.23. The summed E-state index contributed by atoms with van der Waals surface area (Å²) in [5.41, 5.74) is 4.65. The minimum absolute atomic E-state index is 0.0967. The largest absolute Gasteiger partial charge is 0.462 e. The Bertz CT molecular complexity index is 1590. The summed E-state index contributed by atoms with van der Waals surface area (Å²) in [5.74, 6) is -0.653. The number of pyridine rings is 1. The van der Waals surface area contributed by atoms with E-state index in [-0.39, 0.29) is 18.3 Å². The zero-order valence-corrected chi connectivity index (χ0v) is 21.8. The van der Waals surface area contributed by atoms with Gasteiger partial charge in [0, 0.05) is 21.4 Å². The minimum Gasteiger partial charge on any atom is -0.462 e. The van der Waals surface area contributed by atoms with E-state index in [0.29, 0.717) is 26.3 Å². The van der Waals surface area contributed by atoms with E-state index < -0.39 is 5.97 Å². The van der Waals surface area contributed by atoms with Crippen molar-refractivity contribution in [3.05, 3.63) is 76.1 Å². The molecule has 0 bridgehead atoms. The van der Waals surface area contributed by atoms with Gasteiger partial charge in [-0.05, 0) is 49.2 Å². The molecular formula is C26H21ClN4O3S2. The second-order valence-corrected chi connectivity index (χ2v) is 10.2. The number of thiophene rings is 1. The quantitative estimate of drug-likeness (QED) is 0.189. The molecule has 5 rings (SSSR count). The molecule has 0 fully saturated rings. The van der Waals surface area contributed by atoms with Crippen molar-refractivity contribution in [1.29, 1.82) is 0 Å². The van der Waals surface area contributed by atoms with Crippen molar-refractivity contribution < 1.29 is 14.3 Å². The average molecular weight is 537 g/mol. The van der Waals surface area contributed by atoms with Gasteiger partial charge in [-0.3, -0.25) is 9.20 Å². The maximum absolute atomic E-state index is 12.9. The topological polar surface area (TPSA) is 85.6 Å². The molecular weight excluding hydrogens is 516 g/mol. The van der Waals surface area contributed by atoms with Crippen LogP contribution in [0.5, 0.6) is 0 Å². The Kier molecular flexibility index (Phi) is 6.95. The van der Waals surface area contributed by atoms with Crippen LogP contribution in [0.2, 0.25) is 5.02 Å². The molecule has 3 aromatic heterocycles. The molecule has 0 aliphatic rings. The third-order valence-corrected chi connectivity index (χ3v) is 7.66. The molecule has 2 aromatic carbocycles. The number of hydrogen-bond donors (Lipinski definition) is 1. The smallest absolute Gasteiger partial charge is 0.341 e. The number of benzene rings is 2. The molecule has 1 amide bonds. The van der Waals surface area contributed by atoms with E-state index in [9.17, 15) is 9.59 Å². The number of fused-ring (bicyclic) bond motifs is 3. The Balaban J connectivity index is 1.39. The molecule has 0 radical (unpaired) electrons. The lowest BCUT2D eigenvalue weighted by atomic mass is 10.0. The maximum atomic E-state index is 12.9. The Hall–Kier alpha value is -3.40. The molecule has 0 atom stereocenters. The molecule has 0 unspecified atom stereocenters. The van der Waals surface area contributed by atoms with Crippen molar-refractivity contribution in [2.45, 2.75) is 19.0 Å². The molecule has 0 aliphatic heterocycles. The van der Waals surface area contributed by atoms with Crippen molar-refractivity contribution in [3.8, 4) is 11.1 Å². The zero-order chi connectivity index (χ0) is 25.2. The minimum atomic E-state index is -0.489. The van der Waals surface area contributed by atoms with Crippen LogP contribution in [0.15, 0.2) is 65.1 Å². The van der Waals surface area contributed by atoms with Gasteiger partial charge in [-0.2, -0.15) is 0 Å². The summed E-state index contributed by atoms with van der Waals surface area (Å²) in [6.45, 7) is 4.01. The van der Waals surface area contributed by atoms with E-state index in [1.807, 2.05) is 53.1 Å². The first kappa shape index (κ1) is 24.3. The summed E-state index contributed by atoms with van der Waals surface area (Å²) in [6, 6.07) is 17.2. The van der Waals surface area contributed by atoms with Crippen LogP contribution in [0.3, 0.4) is 0 Å². The van der Waals surface area contributed by atoms with Crippen LogP contribution in [0.4, 0.5) is 5.00 Å². The van der Waals surface area contributed by atoms with Crippen molar-refractivity contribution in [3.63, 3.8) is 0 Å². The number of amides is 1. The highest BCUT2D eigenvalue weighted by Gasteiger charge is 2.23. The van der Waals surface area contributed by atoms with Crippen molar-refractivity contribution in [2.24, 2.45) is 0 Å². The van der Waals surface area contributed by atoms with Gasteiger partial charge >= 0.3 is 5.97 Å². The van der Waals surface area contributed by atoms with Crippen LogP contribution < -0.4 is 5.32 Å². The van der Waals surface area contributed by atoms with Crippen molar-refractivity contribution in [1.82, 2.24) is 14.6 Å². The molecule has 5 aromatic rings. The van der Waals surface area contributed by atoms with Gasteiger partial charge in [-0.1, -0.05) is 53.7 Å². The van der Waals surface area contributed by atoms with Crippen LogP contribution in [0, 0.1) is 6.92 Å². The molecule has 182 valence electrons. The number of ether oxygens (including phenoxy) is 1. The fraction of sp³-hybridized carbons (Fsp3) is 0.154. The number of nitrogens with zero attached hydrogens (tertiary/aromatic N) is 3. The van der Waals surface area contributed by atoms with Gasteiger partial charge in [0.05, 0.1) is 17.9 Å².